The predicted molar refractivity (Wildman–Crippen MR) is 94.1 cm³/mol. The van der Waals surface area contributed by atoms with E-state index in [9.17, 15) is 23.2 Å². The van der Waals surface area contributed by atoms with Gasteiger partial charge in [-0.25, -0.2) is 13.6 Å². The number of esters is 1. The molecule has 0 radical (unpaired) electrons. The van der Waals surface area contributed by atoms with E-state index < -0.39 is 42.6 Å². The van der Waals surface area contributed by atoms with Crippen LogP contribution in [0.2, 0.25) is 5.02 Å². The topological polar surface area (TPSA) is 111 Å². The normalized spacial score (nSPS) is 10.2. The standard InChI is InChI=1S/C17H14ClF2N3O4/c18-11-3-1-2-10(16(11)21)17(26)27-8-15(25)22-7-14(24)23-9-4-5-12(19)13(20)6-9/h1-6H,7-8,21H2,(H,22,25)(H,23,24). The number of hydrogen-bond donors (Lipinski definition) is 3. The molecule has 27 heavy (non-hydrogen) atoms. The molecule has 4 N–H and O–H groups in total. The Balaban J connectivity index is 1.78. The average Bonchev–Trinajstić information content (AvgIpc) is 2.63. The number of carbonyl (C=O) groups is 3. The Hall–Kier alpha value is -3.20. The number of amides is 2. The second-order valence-electron chi connectivity index (χ2n) is 5.23. The van der Waals surface area contributed by atoms with Gasteiger partial charge in [0.2, 0.25) is 5.91 Å². The van der Waals surface area contributed by atoms with E-state index in [1.807, 2.05) is 0 Å². The summed E-state index contributed by atoms with van der Waals surface area (Å²) in [5.74, 6) is -4.45. The lowest BCUT2D eigenvalue weighted by molar-refractivity contribution is -0.126. The molecule has 0 aromatic heterocycles. The highest BCUT2D eigenvalue weighted by atomic mass is 35.5. The molecule has 0 spiro atoms. The second kappa shape index (κ2) is 8.95. The van der Waals surface area contributed by atoms with Gasteiger partial charge in [0.25, 0.3) is 5.91 Å². The minimum atomic E-state index is -1.12. The van der Waals surface area contributed by atoms with Crippen LogP contribution in [0.4, 0.5) is 20.2 Å². The van der Waals surface area contributed by atoms with Crippen molar-refractivity contribution in [3.8, 4) is 0 Å². The number of carbonyl (C=O) groups excluding carboxylic acids is 3. The molecule has 0 unspecified atom stereocenters. The van der Waals surface area contributed by atoms with Crippen molar-refractivity contribution >= 4 is 40.8 Å². The van der Waals surface area contributed by atoms with Gasteiger partial charge in [0, 0.05) is 11.8 Å². The van der Waals surface area contributed by atoms with Crippen LogP contribution in [0.1, 0.15) is 10.4 Å². The summed E-state index contributed by atoms with van der Waals surface area (Å²) in [6.07, 6.45) is 0. The SMILES string of the molecule is Nc1c(Cl)cccc1C(=O)OCC(=O)NCC(=O)Nc1ccc(F)c(F)c1. The Bertz CT molecular complexity index is 892. The molecule has 0 aliphatic heterocycles. The smallest absolute Gasteiger partial charge is 0.340 e. The molecule has 142 valence electrons. The number of anilines is 2. The van der Waals surface area contributed by atoms with Gasteiger partial charge in [0.1, 0.15) is 0 Å². The molecule has 0 bridgehead atoms. The van der Waals surface area contributed by atoms with Crippen molar-refractivity contribution < 1.29 is 27.9 Å². The summed E-state index contributed by atoms with van der Waals surface area (Å²) in [6.45, 7) is -1.11. The highest BCUT2D eigenvalue weighted by Crippen LogP contribution is 2.22. The zero-order chi connectivity index (χ0) is 20.0. The molecule has 0 saturated carbocycles. The van der Waals surface area contributed by atoms with Crippen molar-refractivity contribution in [3.05, 3.63) is 58.6 Å². The van der Waals surface area contributed by atoms with Crippen molar-refractivity contribution in [2.45, 2.75) is 0 Å². The van der Waals surface area contributed by atoms with Gasteiger partial charge in [-0.2, -0.15) is 0 Å². The highest BCUT2D eigenvalue weighted by molar-refractivity contribution is 6.33. The summed E-state index contributed by atoms with van der Waals surface area (Å²) in [6, 6.07) is 7.19. The molecule has 0 aliphatic rings. The Morgan fingerprint density at radius 3 is 2.52 bits per heavy atom. The Morgan fingerprint density at radius 2 is 1.81 bits per heavy atom. The minimum Gasteiger partial charge on any atom is -0.452 e. The number of nitrogens with one attached hydrogen (secondary N) is 2. The second-order valence-corrected chi connectivity index (χ2v) is 5.64. The number of ether oxygens (including phenoxy) is 1. The van der Waals surface area contributed by atoms with Crippen LogP contribution in [-0.4, -0.2) is 30.9 Å². The first-order valence-electron chi connectivity index (χ1n) is 7.50. The maximum absolute atomic E-state index is 13.1. The zero-order valence-corrected chi connectivity index (χ0v) is 14.5. The van der Waals surface area contributed by atoms with Crippen LogP contribution in [0, 0.1) is 11.6 Å². The fourth-order valence-electron chi connectivity index (χ4n) is 1.93. The van der Waals surface area contributed by atoms with Crippen LogP contribution in [-0.2, 0) is 14.3 Å². The average molecular weight is 398 g/mol. The largest absolute Gasteiger partial charge is 0.452 e. The van der Waals surface area contributed by atoms with Crippen molar-refractivity contribution in [2.24, 2.45) is 0 Å². The third kappa shape index (κ3) is 5.65. The maximum Gasteiger partial charge on any atom is 0.340 e. The molecule has 2 amide bonds. The van der Waals surface area contributed by atoms with E-state index in [1.165, 1.54) is 18.2 Å². The summed E-state index contributed by atoms with van der Waals surface area (Å²) in [5, 5.41) is 4.65. The van der Waals surface area contributed by atoms with Crippen LogP contribution in [0.25, 0.3) is 0 Å². The maximum atomic E-state index is 13.1. The zero-order valence-electron chi connectivity index (χ0n) is 13.7. The van der Waals surface area contributed by atoms with Crippen LogP contribution < -0.4 is 16.4 Å². The highest BCUT2D eigenvalue weighted by Gasteiger charge is 2.15. The Labute approximate surface area is 157 Å². The van der Waals surface area contributed by atoms with Crippen LogP contribution in [0.5, 0.6) is 0 Å². The molecule has 2 rings (SSSR count). The summed E-state index contributed by atoms with van der Waals surface area (Å²) in [7, 11) is 0. The van der Waals surface area contributed by atoms with Crippen molar-refractivity contribution in [1.29, 1.82) is 0 Å². The number of hydrogen-bond acceptors (Lipinski definition) is 5. The molecular weight excluding hydrogens is 384 g/mol. The van der Waals surface area contributed by atoms with Gasteiger partial charge in [-0.1, -0.05) is 17.7 Å². The molecule has 0 atom stereocenters. The summed E-state index contributed by atoms with van der Waals surface area (Å²) < 4.78 is 30.7. The number of benzene rings is 2. The lowest BCUT2D eigenvalue weighted by Gasteiger charge is -2.09. The number of nitrogen functional groups attached to an aromatic ring is 1. The van der Waals surface area contributed by atoms with Crippen LogP contribution in [0.3, 0.4) is 0 Å². The molecule has 10 heteroatoms. The van der Waals surface area contributed by atoms with Gasteiger partial charge in [-0.3, -0.25) is 9.59 Å². The van der Waals surface area contributed by atoms with E-state index in [1.54, 1.807) is 0 Å². The quantitative estimate of drug-likeness (QED) is 0.510. The van der Waals surface area contributed by atoms with E-state index in [2.05, 4.69) is 10.6 Å². The third-order valence-electron chi connectivity index (χ3n) is 3.26. The third-order valence-corrected chi connectivity index (χ3v) is 3.59. The predicted octanol–water partition coefficient (Wildman–Crippen LogP) is 2.11. The lowest BCUT2D eigenvalue weighted by Crippen LogP contribution is -2.35. The first-order valence-corrected chi connectivity index (χ1v) is 7.88. The molecule has 0 fully saturated rings. The van der Waals surface area contributed by atoms with E-state index in [4.69, 9.17) is 22.1 Å². The van der Waals surface area contributed by atoms with Gasteiger partial charge in [0.15, 0.2) is 18.2 Å². The number of para-hydroxylation sites is 1. The molecule has 2 aromatic carbocycles. The fraction of sp³-hybridized carbons (Fsp3) is 0.118. The van der Waals surface area contributed by atoms with Gasteiger partial charge in [0.05, 0.1) is 22.8 Å². The van der Waals surface area contributed by atoms with Gasteiger partial charge < -0.3 is 21.1 Å². The first-order chi connectivity index (χ1) is 12.8. The molecular formula is C17H14ClF2N3O4. The summed E-state index contributed by atoms with van der Waals surface area (Å²) in [4.78, 5) is 35.2. The van der Waals surface area contributed by atoms with Gasteiger partial charge in [-0.05, 0) is 24.3 Å². The van der Waals surface area contributed by atoms with E-state index in [0.717, 1.165) is 18.2 Å². The summed E-state index contributed by atoms with van der Waals surface area (Å²) in [5.41, 5.74) is 5.70. The van der Waals surface area contributed by atoms with Gasteiger partial charge >= 0.3 is 5.97 Å². The Kier molecular flexibility index (Phi) is 6.67. The van der Waals surface area contributed by atoms with Crippen molar-refractivity contribution in [1.82, 2.24) is 5.32 Å². The van der Waals surface area contributed by atoms with Crippen molar-refractivity contribution in [3.63, 3.8) is 0 Å². The van der Waals surface area contributed by atoms with E-state index in [-0.39, 0.29) is 22.0 Å². The summed E-state index contributed by atoms with van der Waals surface area (Å²) >= 11 is 5.79. The van der Waals surface area contributed by atoms with E-state index >= 15 is 0 Å². The molecule has 0 aliphatic carbocycles. The molecule has 0 heterocycles. The van der Waals surface area contributed by atoms with Gasteiger partial charge in [-0.15, -0.1) is 0 Å². The van der Waals surface area contributed by atoms with Crippen molar-refractivity contribution in [2.75, 3.05) is 24.2 Å². The molecule has 7 nitrogen and oxygen atoms in total. The first kappa shape index (κ1) is 20.1. The molecule has 2 aromatic rings. The fourth-order valence-corrected chi connectivity index (χ4v) is 2.11. The molecule has 0 saturated heterocycles. The monoisotopic (exact) mass is 397 g/mol. The van der Waals surface area contributed by atoms with E-state index in [0.29, 0.717) is 0 Å². The number of halogens is 3. The van der Waals surface area contributed by atoms with Crippen LogP contribution in [0.15, 0.2) is 36.4 Å². The van der Waals surface area contributed by atoms with Crippen LogP contribution >= 0.6 is 11.6 Å². The number of rotatable bonds is 6. The lowest BCUT2D eigenvalue weighted by atomic mass is 10.2. The minimum absolute atomic E-state index is 0.00591. The Morgan fingerprint density at radius 1 is 1.07 bits per heavy atom. The number of nitrogens with two attached hydrogens (primary N) is 1.